The Kier molecular flexibility index (Phi) is 7.48. The molecular formula is C38H38O8. The lowest BCUT2D eigenvalue weighted by molar-refractivity contribution is 0.0746. The fraction of sp³-hybridized carbons (Fsp3) is 0.316. The third-order valence-corrected chi connectivity index (χ3v) is 9.80. The van der Waals surface area contributed by atoms with Crippen LogP contribution in [0.3, 0.4) is 0 Å². The lowest BCUT2D eigenvalue weighted by Crippen LogP contribution is -2.34. The molecule has 8 nitrogen and oxygen atoms in total. The number of hydrogen-bond donors (Lipinski definition) is 0. The molecule has 1 aliphatic heterocycles. The summed E-state index contributed by atoms with van der Waals surface area (Å²) in [6, 6.07) is 22.5. The zero-order valence-corrected chi connectivity index (χ0v) is 27.2. The first kappa shape index (κ1) is 29.9. The Morgan fingerprint density at radius 2 is 1.20 bits per heavy atom. The van der Waals surface area contributed by atoms with Crippen molar-refractivity contribution in [1.29, 1.82) is 0 Å². The molecule has 0 N–H and O–H groups in total. The monoisotopic (exact) mass is 622 g/mol. The van der Waals surface area contributed by atoms with Crippen molar-refractivity contribution in [1.82, 2.24) is 0 Å². The van der Waals surface area contributed by atoms with Crippen molar-refractivity contribution in [2.75, 3.05) is 56.4 Å². The maximum absolute atomic E-state index is 6.86. The first-order valence-corrected chi connectivity index (χ1v) is 15.2. The molecule has 46 heavy (non-hydrogen) atoms. The topological polar surface area (TPSA) is 73.8 Å². The quantitative estimate of drug-likeness (QED) is 0.156. The van der Waals surface area contributed by atoms with Crippen LogP contribution in [0.4, 0.5) is 0 Å². The Hall–Kier alpha value is -4.82. The van der Waals surface area contributed by atoms with Gasteiger partial charge in [0.2, 0.25) is 0 Å². The molecule has 5 aromatic carbocycles. The number of benzene rings is 5. The third kappa shape index (κ3) is 4.23. The minimum atomic E-state index is -0.604. The van der Waals surface area contributed by atoms with Crippen LogP contribution in [0.2, 0.25) is 0 Å². The smallest absolute Gasteiger partial charge is 0.130 e. The van der Waals surface area contributed by atoms with Gasteiger partial charge in [0.1, 0.15) is 40.2 Å². The molecule has 3 atom stereocenters. The van der Waals surface area contributed by atoms with E-state index >= 15 is 0 Å². The minimum Gasteiger partial charge on any atom is -0.497 e. The van der Waals surface area contributed by atoms with E-state index in [1.807, 2.05) is 30.3 Å². The molecule has 0 bridgehead atoms. The predicted octanol–water partition coefficient (Wildman–Crippen LogP) is 7.60. The maximum atomic E-state index is 6.86. The van der Waals surface area contributed by atoms with Gasteiger partial charge in [0.15, 0.2) is 0 Å². The zero-order valence-electron chi connectivity index (χ0n) is 27.2. The molecule has 1 spiro atoms. The highest BCUT2D eigenvalue weighted by molar-refractivity contribution is 6.12. The van der Waals surface area contributed by atoms with Crippen LogP contribution in [0.1, 0.15) is 40.7 Å². The molecule has 0 aromatic heterocycles. The van der Waals surface area contributed by atoms with Crippen molar-refractivity contribution in [3.8, 4) is 40.2 Å². The first-order chi connectivity index (χ1) is 22.5. The molecular weight excluding hydrogens is 584 g/mol. The number of ether oxygens (including phenoxy) is 8. The molecule has 1 saturated heterocycles. The highest BCUT2D eigenvalue weighted by atomic mass is 16.5. The SMILES string of the molecule is COc1ccc([C@@H]2c3c(OC)cc(OC)c4cc5cc(OC)cc(OC)c5c(c34)[C@]23CCO[C@@H]3c2cc(OC)cc(OC)c2)cc1. The van der Waals surface area contributed by atoms with E-state index in [4.69, 9.17) is 37.9 Å². The predicted molar refractivity (Wildman–Crippen MR) is 177 cm³/mol. The zero-order chi connectivity index (χ0) is 32.2. The summed E-state index contributed by atoms with van der Waals surface area (Å²) in [5.74, 6) is 4.92. The van der Waals surface area contributed by atoms with Crippen molar-refractivity contribution in [3.63, 3.8) is 0 Å². The molecule has 1 aliphatic carbocycles. The Balaban J connectivity index is 1.68. The van der Waals surface area contributed by atoms with Crippen LogP contribution >= 0.6 is 0 Å². The summed E-state index contributed by atoms with van der Waals surface area (Å²) in [6.45, 7) is 0.542. The van der Waals surface area contributed by atoms with Crippen LogP contribution in [-0.2, 0) is 10.2 Å². The Morgan fingerprint density at radius 1 is 0.565 bits per heavy atom. The van der Waals surface area contributed by atoms with Gasteiger partial charge < -0.3 is 37.9 Å². The van der Waals surface area contributed by atoms with Gasteiger partial charge in [-0.1, -0.05) is 12.1 Å². The van der Waals surface area contributed by atoms with Crippen molar-refractivity contribution in [2.24, 2.45) is 0 Å². The lowest BCUT2D eigenvalue weighted by atomic mass is 9.63. The van der Waals surface area contributed by atoms with Crippen LogP contribution in [0.5, 0.6) is 40.2 Å². The van der Waals surface area contributed by atoms with Gasteiger partial charge in [-0.05, 0) is 70.3 Å². The molecule has 0 amide bonds. The van der Waals surface area contributed by atoms with E-state index < -0.39 is 5.41 Å². The van der Waals surface area contributed by atoms with Crippen molar-refractivity contribution >= 4 is 21.5 Å². The highest BCUT2D eigenvalue weighted by Crippen LogP contribution is 2.68. The summed E-state index contributed by atoms with van der Waals surface area (Å²) < 4.78 is 48.0. The molecule has 0 radical (unpaired) electrons. The second kappa shape index (κ2) is 11.5. The molecule has 0 saturated carbocycles. The number of rotatable bonds is 9. The maximum Gasteiger partial charge on any atom is 0.130 e. The normalized spacial score (nSPS) is 19.9. The fourth-order valence-electron chi connectivity index (χ4n) is 7.93. The molecule has 8 heteroatoms. The average molecular weight is 623 g/mol. The second-order valence-corrected chi connectivity index (χ2v) is 11.7. The summed E-state index contributed by atoms with van der Waals surface area (Å²) in [5, 5.41) is 4.06. The summed E-state index contributed by atoms with van der Waals surface area (Å²) in [7, 11) is 11.8. The Morgan fingerprint density at radius 3 is 1.80 bits per heavy atom. The van der Waals surface area contributed by atoms with E-state index in [-0.39, 0.29) is 12.0 Å². The van der Waals surface area contributed by atoms with Crippen molar-refractivity contribution in [3.05, 3.63) is 89.0 Å². The number of methoxy groups -OCH3 is 7. The van der Waals surface area contributed by atoms with Crippen LogP contribution < -0.4 is 33.2 Å². The highest BCUT2D eigenvalue weighted by Gasteiger charge is 2.59. The number of hydrogen-bond acceptors (Lipinski definition) is 8. The largest absolute Gasteiger partial charge is 0.497 e. The lowest BCUT2D eigenvalue weighted by Gasteiger charge is -2.39. The third-order valence-electron chi connectivity index (χ3n) is 9.80. The van der Waals surface area contributed by atoms with E-state index in [1.165, 1.54) is 0 Å². The van der Waals surface area contributed by atoms with Crippen LogP contribution in [0.15, 0.2) is 66.7 Å². The van der Waals surface area contributed by atoms with E-state index in [9.17, 15) is 0 Å². The molecule has 0 unspecified atom stereocenters. The van der Waals surface area contributed by atoms with Gasteiger partial charge in [0, 0.05) is 52.5 Å². The van der Waals surface area contributed by atoms with Gasteiger partial charge >= 0.3 is 0 Å². The van der Waals surface area contributed by atoms with Crippen LogP contribution in [0.25, 0.3) is 21.5 Å². The average Bonchev–Trinajstić information content (AvgIpc) is 3.67. The van der Waals surface area contributed by atoms with Gasteiger partial charge in [-0.2, -0.15) is 0 Å². The van der Waals surface area contributed by atoms with Gasteiger partial charge in [0.25, 0.3) is 0 Å². The number of fused-ring (bicyclic) bond motifs is 3. The summed E-state index contributed by atoms with van der Waals surface area (Å²) in [4.78, 5) is 0. The second-order valence-electron chi connectivity index (χ2n) is 11.7. The van der Waals surface area contributed by atoms with Crippen LogP contribution in [-0.4, -0.2) is 56.4 Å². The van der Waals surface area contributed by atoms with Crippen LogP contribution in [0, 0.1) is 0 Å². The van der Waals surface area contributed by atoms with Gasteiger partial charge in [0.05, 0.1) is 55.9 Å². The van der Waals surface area contributed by atoms with E-state index in [2.05, 4.69) is 36.4 Å². The standard InChI is InChI=1S/C38H38O8/c1-39-24-10-8-21(9-11-24)35-34-31(45-7)20-29(43-5)28-17-22-14-27(42-4)19-30(44-6)32(22)36(33(28)34)38(35)12-13-46-37(38)23-15-25(40-2)18-26(16-23)41-3/h8-11,14-20,35,37H,12-13H2,1-7H3/t35-,37-,38+/m1/s1. The summed E-state index contributed by atoms with van der Waals surface area (Å²) in [6.07, 6.45) is 0.351. The molecule has 1 heterocycles. The van der Waals surface area contributed by atoms with E-state index in [1.54, 1.807) is 49.8 Å². The molecule has 238 valence electrons. The van der Waals surface area contributed by atoms with Gasteiger partial charge in [-0.25, -0.2) is 0 Å². The van der Waals surface area contributed by atoms with Crippen molar-refractivity contribution < 1.29 is 37.9 Å². The fourth-order valence-corrected chi connectivity index (χ4v) is 7.93. The molecule has 7 rings (SSSR count). The molecule has 5 aromatic rings. The van der Waals surface area contributed by atoms with E-state index in [0.29, 0.717) is 23.9 Å². The van der Waals surface area contributed by atoms with Gasteiger partial charge in [-0.3, -0.25) is 0 Å². The first-order valence-electron chi connectivity index (χ1n) is 15.2. The van der Waals surface area contributed by atoms with Crippen molar-refractivity contribution in [2.45, 2.75) is 23.9 Å². The molecule has 2 aliphatic rings. The molecule has 1 fully saturated rings. The van der Waals surface area contributed by atoms with E-state index in [0.717, 1.165) is 73.2 Å². The summed E-state index contributed by atoms with van der Waals surface area (Å²) >= 11 is 0. The Bertz CT molecular complexity index is 1930. The summed E-state index contributed by atoms with van der Waals surface area (Å²) in [5.41, 5.74) is 3.70. The minimum absolute atomic E-state index is 0.168. The van der Waals surface area contributed by atoms with Gasteiger partial charge in [-0.15, -0.1) is 0 Å². The Labute approximate surface area is 268 Å².